The van der Waals surface area contributed by atoms with E-state index >= 15 is 0 Å². The van der Waals surface area contributed by atoms with Crippen LogP contribution in [0.4, 0.5) is 0 Å². The molecule has 21 heavy (non-hydrogen) atoms. The highest BCUT2D eigenvalue weighted by Crippen LogP contribution is 2.61. The minimum Gasteiger partial charge on any atom is -0.455 e. The van der Waals surface area contributed by atoms with E-state index in [-0.39, 0.29) is 29.3 Å². The first-order valence-electron chi connectivity index (χ1n) is 7.08. The Balaban J connectivity index is 1.61. The van der Waals surface area contributed by atoms with Gasteiger partial charge in [0.05, 0.1) is 5.92 Å². The summed E-state index contributed by atoms with van der Waals surface area (Å²) in [4.78, 5) is 34.9. The third kappa shape index (κ3) is 2.04. The highest BCUT2D eigenvalue weighted by molar-refractivity contribution is 5.88. The summed E-state index contributed by atoms with van der Waals surface area (Å²) >= 11 is 0. The molecule has 1 saturated heterocycles. The van der Waals surface area contributed by atoms with Crippen molar-refractivity contribution in [2.75, 3.05) is 6.61 Å². The first kappa shape index (κ1) is 14.1. The summed E-state index contributed by atoms with van der Waals surface area (Å²) in [6, 6.07) is 0. The number of ether oxygens (including phenoxy) is 3. The molecule has 0 radical (unpaired) electrons. The molecule has 1 heterocycles. The van der Waals surface area contributed by atoms with Gasteiger partial charge in [-0.05, 0) is 26.7 Å². The van der Waals surface area contributed by atoms with E-state index in [9.17, 15) is 14.4 Å². The molecule has 3 aliphatic rings. The smallest absolute Gasteiger partial charge is 0.344 e. The molecule has 0 amide bonds. The predicted molar refractivity (Wildman–Crippen MR) is 69.9 cm³/mol. The van der Waals surface area contributed by atoms with Crippen molar-refractivity contribution in [3.63, 3.8) is 0 Å². The van der Waals surface area contributed by atoms with Crippen LogP contribution in [0.5, 0.6) is 0 Å². The van der Waals surface area contributed by atoms with E-state index in [0.29, 0.717) is 6.42 Å². The molecule has 2 aliphatic carbocycles. The summed E-state index contributed by atoms with van der Waals surface area (Å²) in [5.74, 6) is -1.20. The Morgan fingerprint density at radius 1 is 1.43 bits per heavy atom. The van der Waals surface area contributed by atoms with Crippen LogP contribution in [0.25, 0.3) is 0 Å². The molecule has 0 aromatic rings. The molecule has 0 aromatic carbocycles. The minimum atomic E-state index is -0.724. The van der Waals surface area contributed by atoms with E-state index < -0.39 is 30.3 Å². The summed E-state index contributed by atoms with van der Waals surface area (Å²) < 4.78 is 15.7. The molecule has 0 N–H and O–H groups in total. The normalized spacial score (nSPS) is 39.0. The Morgan fingerprint density at radius 3 is 2.81 bits per heavy atom. The molecular formula is C15H18O6. The summed E-state index contributed by atoms with van der Waals surface area (Å²) in [5, 5.41) is 0. The van der Waals surface area contributed by atoms with Crippen LogP contribution in [0.2, 0.25) is 0 Å². The quantitative estimate of drug-likeness (QED) is 0.437. The lowest BCUT2D eigenvalue weighted by Gasteiger charge is -2.34. The van der Waals surface area contributed by atoms with E-state index in [1.165, 1.54) is 6.92 Å². The van der Waals surface area contributed by atoms with Crippen molar-refractivity contribution in [3.8, 4) is 0 Å². The highest BCUT2D eigenvalue weighted by Gasteiger charge is 2.70. The fourth-order valence-electron chi connectivity index (χ4n) is 3.96. The third-order valence-corrected chi connectivity index (χ3v) is 4.88. The molecule has 2 bridgehead atoms. The lowest BCUT2D eigenvalue weighted by Crippen LogP contribution is -2.46. The zero-order valence-electron chi connectivity index (χ0n) is 12.1. The van der Waals surface area contributed by atoms with Gasteiger partial charge in [-0.1, -0.05) is 6.58 Å². The maximum atomic E-state index is 11.8. The zero-order chi connectivity index (χ0) is 15.4. The Kier molecular flexibility index (Phi) is 3.07. The molecule has 3 fully saturated rings. The van der Waals surface area contributed by atoms with E-state index in [1.807, 2.05) is 6.92 Å². The topological polar surface area (TPSA) is 78.9 Å². The van der Waals surface area contributed by atoms with Crippen LogP contribution in [0.15, 0.2) is 12.2 Å². The van der Waals surface area contributed by atoms with Gasteiger partial charge in [-0.15, -0.1) is 0 Å². The van der Waals surface area contributed by atoms with Gasteiger partial charge in [-0.3, -0.25) is 4.79 Å². The van der Waals surface area contributed by atoms with E-state index in [1.54, 1.807) is 0 Å². The molecule has 0 spiro atoms. The maximum Gasteiger partial charge on any atom is 0.344 e. The van der Waals surface area contributed by atoms with Crippen molar-refractivity contribution in [2.45, 2.75) is 38.4 Å². The SMILES string of the molecule is C=C(C)C(=O)OCC(=O)OC1C2CC3C(=O)OC1(C)C3C2. The molecule has 2 saturated carbocycles. The fraction of sp³-hybridized carbons (Fsp3) is 0.667. The Labute approximate surface area is 122 Å². The summed E-state index contributed by atoms with van der Waals surface area (Å²) in [5.41, 5.74) is -0.499. The molecule has 1 aliphatic heterocycles. The minimum absolute atomic E-state index is 0.0452. The lowest BCUT2D eigenvalue weighted by molar-refractivity contribution is -0.178. The summed E-state index contributed by atoms with van der Waals surface area (Å²) in [7, 11) is 0. The van der Waals surface area contributed by atoms with Crippen LogP contribution in [0.1, 0.15) is 26.7 Å². The summed E-state index contributed by atoms with van der Waals surface area (Å²) in [6.45, 7) is 6.31. The predicted octanol–water partition coefficient (Wildman–Crippen LogP) is 0.989. The standard InChI is InChI=1S/C15H18O6/c1-7(2)13(17)19-6-11(16)20-12-8-4-9-10(5-8)15(12,3)21-14(9)18/h8-10,12H,1,4-6H2,2-3H3. The number of rotatable bonds is 4. The number of hydrogen-bond acceptors (Lipinski definition) is 6. The van der Waals surface area contributed by atoms with Crippen LogP contribution in [-0.4, -0.2) is 36.2 Å². The van der Waals surface area contributed by atoms with Crippen molar-refractivity contribution >= 4 is 17.9 Å². The molecule has 3 rings (SSSR count). The van der Waals surface area contributed by atoms with Gasteiger partial charge in [-0.2, -0.15) is 0 Å². The number of carbonyl (C=O) groups is 3. The van der Waals surface area contributed by atoms with Gasteiger partial charge in [0.15, 0.2) is 6.61 Å². The lowest BCUT2D eigenvalue weighted by atomic mass is 9.79. The molecule has 5 unspecified atom stereocenters. The van der Waals surface area contributed by atoms with Crippen LogP contribution in [-0.2, 0) is 28.6 Å². The Hall–Kier alpha value is -1.85. The molecule has 6 nitrogen and oxygen atoms in total. The average Bonchev–Trinajstić information content (AvgIpc) is 2.99. The number of carbonyl (C=O) groups excluding carboxylic acids is 3. The average molecular weight is 294 g/mol. The fourth-order valence-corrected chi connectivity index (χ4v) is 3.96. The van der Waals surface area contributed by atoms with E-state index in [0.717, 1.165) is 6.42 Å². The van der Waals surface area contributed by atoms with E-state index in [2.05, 4.69) is 6.58 Å². The van der Waals surface area contributed by atoms with Crippen molar-refractivity contribution < 1.29 is 28.6 Å². The largest absolute Gasteiger partial charge is 0.455 e. The molecule has 6 heteroatoms. The van der Waals surface area contributed by atoms with Gasteiger partial charge in [-0.25, -0.2) is 9.59 Å². The van der Waals surface area contributed by atoms with Gasteiger partial charge >= 0.3 is 17.9 Å². The van der Waals surface area contributed by atoms with Crippen LogP contribution < -0.4 is 0 Å². The van der Waals surface area contributed by atoms with Crippen molar-refractivity contribution in [1.29, 1.82) is 0 Å². The third-order valence-electron chi connectivity index (χ3n) is 4.88. The number of fused-ring (bicyclic) bond motifs is 1. The van der Waals surface area contributed by atoms with Gasteiger partial charge in [0.25, 0.3) is 0 Å². The number of esters is 3. The molecule has 5 atom stereocenters. The highest BCUT2D eigenvalue weighted by atomic mass is 16.6. The second-order valence-corrected chi connectivity index (χ2v) is 6.32. The van der Waals surface area contributed by atoms with Crippen molar-refractivity contribution in [3.05, 3.63) is 12.2 Å². The first-order chi connectivity index (χ1) is 9.83. The zero-order valence-corrected chi connectivity index (χ0v) is 12.1. The van der Waals surface area contributed by atoms with Gasteiger partial charge in [0, 0.05) is 17.4 Å². The Bertz CT molecular complexity index is 538. The van der Waals surface area contributed by atoms with Crippen LogP contribution in [0, 0.1) is 17.8 Å². The van der Waals surface area contributed by atoms with Crippen molar-refractivity contribution in [1.82, 2.24) is 0 Å². The second-order valence-electron chi connectivity index (χ2n) is 6.32. The van der Waals surface area contributed by atoms with Gasteiger partial charge in [0.1, 0.15) is 11.7 Å². The van der Waals surface area contributed by atoms with Gasteiger partial charge < -0.3 is 14.2 Å². The number of hydrogen-bond donors (Lipinski definition) is 0. The van der Waals surface area contributed by atoms with Crippen molar-refractivity contribution in [2.24, 2.45) is 17.8 Å². The monoisotopic (exact) mass is 294 g/mol. The first-order valence-corrected chi connectivity index (χ1v) is 7.08. The Morgan fingerprint density at radius 2 is 2.14 bits per heavy atom. The molecular weight excluding hydrogens is 276 g/mol. The van der Waals surface area contributed by atoms with E-state index in [4.69, 9.17) is 14.2 Å². The second kappa shape index (κ2) is 4.58. The van der Waals surface area contributed by atoms with Gasteiger partial charge in [0.2, 0.25) is 0 Å². The summed E-state index contributed by atoms with van der Waals surface area (Å²) in [6.07, 6.45) is 1.11. The van der Waals surface area contributed by atoms with Crippen LogP contribution >= 0.6 is 0 Å². The molecule has 114 valence electrons. The van der Waals surface area contributed by atoms with Crippen LogP contribution in [0.3, 0.4) is 0 Å². The molecule has 0 aromatic heterocycles. The maximum absolute atomic E-state index is 11.8.